The Bertz CT molecular complexity index is 662. The van der Waals surface area contributed by atoms with Gasteiger partial charge in [0.15, 0.2) is 6.10 Å². The van der Waals surface area contributed by atoms with Crippen LogP contribution in [0.3, 0.4) is 0 Å². The summed E-state index contributed by atoms with van der Waals surface area (Å²) in [5.41, 5.74) is 9.47. The molecule has 0 bridgehead atoms. The van der Waals surface area contributed by atoms with Crippen molar-refractivity contribution in [1.82, 2.24) is 0 Å². The molecule has 0 amide bonds. The number of anilines is 2. The van der Waals surface area contributed by atoms with E-state index < -0.39 is 0 Å². The van der Waals surface area contributed by atoms with Crippen LogP contribution in [-0.2, 0) is 0 Å². The van der Waals surface area contributed by atoms with Crippen LogP contribution in [0.25, 0.3) is 0 Å². The van der Waals surface area contributed by atoms with Crippen molar-refractivity contribution < 1.29 is 4.74 Å². The van der Waals surface area contributed by atoms with Gasteiger partial charge in [0.1, 0.15) is 17.3 Å². The maximum absolute atomic E-state index is 5.85. The van der Waals surface area contributed by atoms with Gasteiger partial charge >= 0.3 is 0 Å². The Balaban J connectivity index is 1.89. The Kier molecular flexibility index (Phi) is 3.06. The molecule has 102 valence electrons. The summed E-state index contributed by atoms with van der Waals surface area (Å²) in [6.45, 7) is 4.03. The van der Waals surface area contributed by atoms with E-state index >= 15 is 0 Å². The first-order chi connectivity index (χ1) is 9.61. The van der Waals surface area contributed by atoms with E-state index in [-0.39, 0.29) is 6.10 Å². The van der Waals surface area contributed by atoms with Crippen molar-refractivity contribution in [3.05, 3.63) is 48.0 Å². The zero-order valence-corrected chi connectivity index (χ0v) is 11.6. The number of amidine groups is 1. The maximum Gasteiger partial charge on any atom is 0.153 e. The Morgan fingerprint density at radius 1 is 1.15 bits per heavy atom. The molecule has 0 radical (unpaired) electrons. The van der Waals surface area contributed by atoms with E-state index in [1.54, 1.807) is 6.07 Å². The van der Waals surface area contributed by atoms with Gasteiger partial charge in [-0.25, -0.2) is 4.99 Å². The molecule has 0 saturated carbocycles. The van der Waals surface area contributed by atoms with Crippen molar-refractivity contribution >= 4 is 22.9 Å². The van der Waals surface area contributed by atoms with Crippen LogP contribution in [0.4, 0.5) is 17.1 Å². The zero-order valence-electron chi connectivity index (χ0n) is 11.6. The maximum atomic E-state index is 5.85. The Hall–Kier alpha value is -2.49. The number of fused-ring (bicyclic) bond motifs is 1. The number of benzene rings is 2. The normalized spacial score (nSPS) is 16.9. The molecule has 0 aliphatic carbocycles. The van der Waals surface area contributed by atoms with Crippen LogP contribution in [0.15, 0.2) is 47.5 Å². The summed E-state index contributed by atoms with van der Waals surface area (Å²) in [6.07, 6.45) is -0.134. The monoisotopic (exact) mass is 267 g/mol. The van der Waals surface area contributed by atoms with Crippen LogP contribution in [0.5, 0.6) is 5.75 Å². The third kappa shape index (κ3) is 2.45. The molecule has 0 saturated heterocycles. The highest BCUT2D eigenvalue weighted by Crippen LogP contribution is 2.34. The zero-order chi connectivity index (χ0) is 14.1. The minimum absolute atomic E-state index is 0.134. The van der Waals surface area contributed by atoms with E-state index in [2.05, 4.69) is 29.4 Å². The molecule has 1 aliphatic heterocycles. The fraction of sp³-hybridized carbons (Fsp3) is 0.188. The van der Waals surface area contributed by atoms with Crippen LogP contribution < -0.4 is 15.8 Å². The second kappa shape index (κ2) is 4.89. The molecular formula is C16H17N3O. The molecule has 1 unspecified atom stereocenters. The van der Waals surface area contributed by atoms with E-state index in [1.165, 1.54) is 5.56 Å². The molecule has 2 aromatic carbocycles. The number of nitrogens with one attached hydrogen (secondary N) is 1. The van der Waals surface area contributed by atoms with Crippen LogP contribution in [0, 0.1) is 6.92 Å². The Morgan fingerprint density at radius 3 is 2.65 bits per heavy atom. The van der Waals surface area contributed by atoms with Gasteiger partial charge < -0.3 is 15.8 Å². The van der Waals surface area contributed by atoms with E-state index in [1.807, 2.05) is 31.2 Å². The molecule has 2 aromatic rings. The number of nitrogens with two attached hydrogens (primary N) is 1. The number of nitrogen functional groups attached to an aromatic ring is 1. The second-order valence-electron chi connectivity index (χ2n) is 4.98. The number of hydrogen-bond acceptors (Lipinski definition) is 4. The lowest BCUT2D eigenvalue weighted by Gasteiger charge is -2.24. The van der Waals surface area contributed by atoms with Crippen molar-refractivity contribution in [2.45, 2.75) is 20.0 Å². The fourth-order valence-corrected chi connectivity index (χ4v) is 2.10. The van der Waals surface area contributed by atoms with Crippen molar-refractivity contribution in [1.29, 1.82) is 0 Å². The second-order valence-corrected chi connectivity index (χ2v) is 4.98. The summed E-state index contributed by atoms with van der Waals surface area (Å²) in [7, 11) is 0. The molecule has 0 aromatic heterocycles. The lowest BCUT2D eigenvalue weighted by Crippen LogP contribution is -2.32. The molecular weight excluding hydrogens is 250 g/mol. The summed E-state index contributed by atoms with van der Waals surface area (Å²) < 4.78 is 5.85. The highest BCUT2D eigenvalue weighted by atomic mass is 16.5. The van der Waals surface area contributed by atoms with Crippen LogP contribution >= 0.6 is 0 Å². The van der Waals surface area contributed by atoms with E-state index in [0.717, 1.165) is 23.0 Å². The van der Waals surface area contributed by atoms with Gasteiger partial charge in [0, 0.05) is 17.4 Å². The number of aliphatic imine (C=N–C) groups is 1. The predicted octanol–water partition coefficient (Wildman–Crippen LogP) is 3.50. The fourth-order valence-electron chi connectivity index (χ4n) is 2.10. The number of rotatable bonds is 1. The third-order valence-corrected chi connectivity index (χ3v) is 3.24. The molecule has 1 atom stereocenters. The molecule has 0 fully saturated rings. The molecule has 4 heteroatoms. The first-order valence-corrected chi connectivity index (χ1v) is 6.60. The van der Waals surface area contributed by atoms with Gasteiger partial charge in [0.25, 0.3) is 0 Å². The van der Waals surface area contributed by atoms with Crippen molar-refractivity contribution in [3.63, 3.8) is 0 Å². The van der Waals surface area contributed by atoms with Crippen molar-refractivity contribution in [2.24, 2.45) is 4.99 Å². The number of ether oxygens (including phenoxy) is 1. The SMILES string of the molecule is Cc1ccc(NC2=Nc3ccc(N)cc3OC2C)cc1. The van der Waals surface area contributed by atoms with E-state index in [0.29, 0.717) is 5.69 Å². The quantitative estimate of drug-likeness (QED) is 0.777. The molecule has 1 aliphatic rings. The van der Waals surface area contributed by atoms with E-state index in [4.69, 9.17) is 10.5 Å². The minimum Gasteiger partial charge on any atom is -0.480 e. The molecule has 0 spiro atoms. The molecule has 4 nitrogen and oxygen atoms in total. The summed E-state index contributed by atoms with van der Waals surface area (Å²) in [4.78, 5) is 4.61. The minimum atomic E-state index is -0.134. The van der Waals surface area contributed by atoms with Gasteiger partial charge in [-0.1, -0.05) is 17.7 Å². The Labute approximate surface area is 118 Å². The van der Waals surface area contributed by atoms with Gasteiger partial charge in [-0.15, -0.1) is 0 Å². The lowest BCUT2D eigenvalue weighted by molar-refractivity contribution is 0.283. The van der Waals surface area contributed by atoms with E-state index in [9.17, 15) is 0 Å². The largest absolute Gasteiger partial charge is 0.480 e. The number of nitrogens with zero attached hydrogens (tertiary/aromatic N) is 1. The molecule has 20 heavy (non-hydrogen) atoms. The number of hydrogen-bond donors (Lipinski definition) is 2. The summed E-state index contributed by atoms with van der Waals surface area (Å²) in [5, 5.41) is 3.31. The first kappa shape index (κ1) is 12.5. The molecule has 3 N–H and O–H groups in total. The first-order valence-electron chi connectivity index (χ1n) is 6.60. The topological polar surface area (TPSA) is 59.6 Å². The molecule has 3 rings (SSSR count). The standard InChI is InChI=1S/C16H17N3O/c1-10-3-6-13(7-4-10)18-16-11(2)20-15-9-12(17)5-8-14(15)19-16/h3-9,11H,17H2,1-2H3,(H,18,19). The van der Waals surface area contributed by atoms with Crippen molar-refractivity contribution in [3.8, 4) is 5.75 Å². The molecule has 1 heterocycles. The van der Waals surface area contributed by atoms with Crippen LogP contribution in [0.1, 0.15) is 12.5 Å². The van der Waals surface area contributed by atoms with Gasteiger partial charge in [-0.05, 0) is 38.1 Å². The summed E-state index contributed by atoms with van der Waals surface area (Å²) in [6, 6.07) is 13.7. The highest BCUT2D eigenvalue weighted by Gasteiger charge is 2.20. The predicted molar refractivity (Wildman–Crippen MR) is 82.8 cm³/mol. The average Bonchev–Trinajstić information content (AvgIpc) is 2.42. The van der Waals surface area contributed by atoms with Gasteiger partial charge in [-0.3, -0.25) is 0 Å². The van der Waals surface area contributed by atoms with Crippen LogP contribution in [-0.4, -0.2) is 11.9 Å². The Morgan fingerprint density at radius 2 is 1.90 bits per heavy atom. The third-order valence-electron chi connectivity index (χ3n) is 3.24. The van der Waals surface area contributed by atoms with Gasteiger partial charge in [0.05, 0.1) is 0 Å². The van der Waals surface area contributed by atoms with Gasteiger partial charge in [0.2, 0.25) is 0 Å². The smallest absolute Gasteiger partial charge is 0.153 e. The summed E-state index contributed by atoms with van der Waals surface area (Å²) in [5.74, 6) is 1.53. The van der Waals surface area contributed by atoms with Crippen molar-refractivity contribution in [2.75, 3.05) is 11.1 Å². The number of aryl methyl sites for hydroxylation is 1. The highest BCUT2D eigenvalue weighted by molar-refractivity contribution is 6.01. The summed E-state index contributed by atoms with van der Waals surface area (Å²) >= 11 is 0. The lowest BCUT2D eigenvalue weighted by atomic mass is 10.2. The van der Waals surface area contributed by atoms with Crippen LogP contribution in [0.2, 0.25) is 0 Å². The van der Waals surface area contributed by atoms with Gasteiger partial charge in [-0.2, -0.15) is 0 Å². The average molecular weight is 267 g/mol.